The summed E-state index contributed by atoms with van der Waals surface area (Å²) < 4.78 is 3.50. The molecule has 0 unspecified atom stereocenters. The van der Waals surface area contributed by atoms with E-state index in [-0.39, 0.29) is 5.82 Å². The van der Waals surface area contributed by atoms with E-state index < -0.39 is 4.92 Å². The highest BCUT2D eigenvalue weighted by Crippen LogP contribution is 2.26. The lowest BCUT2D eigenvalue weighted by Gasteiger charge is -2.06. The molecule has 0 bridgehead atoms. The zero-order valence-corrected chi connectivity index (χ0v) is 15.9. The Labute approximate surface area is 167 Å². The topological polar surface area (TPSA) is 90.8 Å². The van der Waals surface area contributed by atoms with Gasteiger partial charge in [0.05, 0.1) is 12.2 Å². The molecule has 29 heavy (non-hydrogen) atoms. The van der Waals surface area contributed by atoms with E-state index in [9.17, 15) is 10.1 Å². The predicted molar refractivity (Wildman–Crippen MR) is 110 cm³/mol. The molecule has 2 aromatic carbocycles. The first-order valence-electron chi connectivity index (χ1n) is 9.17. The summed E-state index contributed by atoms with van der Waals surface area (Å²) in [6, 6.07) is 20.0. The first-order chi connectivity index (χ1) is 14.1. The monoisotopic (exact) mass is 388 g/mol. The van der Waals surface area contributed by atoms with Crippen molar-refractivity contribution in [3.05, 3.63) is 94.4 Å². The molecule has 4 aromatic rings. The number of hydrogen-bond acceptors (Lipinski definition) is 5. The molecule has 8 nitrogen and oxygen atoms in total. The fraction of sp³-hybridized carbons (Fsp3) is 0.143. The van der Waals surface area contributed by atoms with Crippen molar-refractivity contribution in [1.82, 2.24) is 19.3 Å². The lowest BCUT2D eigenvalue weighted by Crippen LogP contribution is -2.06. The van der Waals surface area contributed by atoms with Gasteiger partial charge in [0, 0.05) is 30.9 Å². The molecule has 4 rings (SSSR count). The van der Waals surface area contributed by atoms with Gasteiger partial charge in [-0.15, -0.1) is 0 Å². The Morgan fingerprint density at radius 1 is 1.07 bits per heavy atom. The van der Waals surface area contributed by atoms with E-state index in [2.05, 4.69) is 22.4 Å². The van der Waals surface area contributed by atoms with Crippen molar-refractivity contribution in [1.29, 1.82) is 0 Å². The quantitative estimate of drug-likeness (QED) is 0.384. The van der Waals surface area contributed by atoms with E-state index >= 15 is 0 Å². The van der Waals surface area contributed by atoms with E-state index in [0.29, 0.717) is 18.9 Å². The molecule has 0 aliphatic heterocycles. The van der Waals surface area contributed by atoms with Crippen LogP contribution in [0.1, 0.15) is 11.1 Å². The Balaban J connectivity index is 1.64. The minimum absolute atomic E-state index is 0.189. The minimum atomic E-state index is -0.487. The van der Waals surface area contributed by atoms with Crippen LogP contribution in [0.3, 0.4) is 0 Å². The van der Waals surface area contributed by atoms with Gasteiger partial charge in [-0.25, -0.2) is 0 Å². The van der Waals surface area contributed by atoms with E-state index in [4.69, 9.17) is 5.10 Å². The molecule has 0 fully saturated rings. The third-order valence-electron chi connectivity index (χ3n) is 4.61. The molecule has 0 amide bonds. The summed E-state index contributed by atoms with van der Waals surface area (Å²) >= 11 is 0. The molecule has 0 radical (unpaired) electrons. The molecule has 0 aliphatic rings. The number of imidazole rings is 1. The van der Waals surface area contributed by atoms with Gasteiger partial charge in [0.15, 0.2) is 0 Å². The Hall–Kier alpha value is -3.94. The van der Waals surface area contributed by atoms with Crippen molar-refractivity contribution < 1.29 is 4.92 Å². The standard InChI is InChI=1S/C21H20N6O2/c1-25-15-23-21(27(28)29)20(25)22-12-18-14-26(13-16-8-4-2-5-9-16)24-19(18)17-10-6-3-7-11-17/h2-11,14-15,22H,12-13H2,1H3. The van der Waals surface area contributed by atoms with Crippen molar-refractivity contribution in [2.45, 2.75) is 13.1 Å². The van der Waals surface area contributed by atoms with E-state index in [1.807, 2.05) is 59.4 Å². The van der Waals surface area contributed by atoms with E-state index in [0.717, 1.165) is 22.4 Å². The maximum absolute atomic E-state index is 11.2. The first kappa shape index (κ1) is 18.4. The predicted octanol–water partition coefficient (Wildman–Crippen LogP) is 3.85. The van der Waals surface area contributed by atoms with Crippen molar-refractivity contribution in [3.8, 4) is 11.3 Å². The normalized spacial score (nSPS) is 10.8. The summed E-state index contributed by atoms with van der Waals surface area (Å²) in [5, 5.41) is 19.1. The summed E-state index contributed by atoms with van der Waals surface area (Å²) in [7, 11) is 1.72. The highest BCUT2D eigenvalue weighted by molar-refractivity contribution is 5.63. The zero-order valence-electron chi connectivity index (χ0n) is 15.9. The molecule has 0 aliphatic carbocycles. The smallest absolute Gasteiger partial charge is 0.360 e. The number of aromatic nitrogens is 4. The number of benzene rings is 2. The number of anilines is 1. The summed E-state index contributed by atoms with van der Waals surface area (Å²) in [5.74, 6) is 0.176. The molecular weight excluding hydrogens is 368 g/mol. The highest BCUT2D eigenvalue weighted by Gasteiger charge is 2.20. The number of aryl methyl sites for hydroxylation is 1. The van der Waals surface area contributed by atoms with Crippen LogP contribution in [0.2, 0.25) is 0 Å². The average Bonchev–Trinajstić information content (AvgIpc) is 3.31. The van der Waals surface area contributed by atoms with Crippen LogP contribution in [0.15, 0.2) is 73.2 Å². The second-order valence-electron chi connectivity index (χ2n) is 6.69. The molecule has 0 atom stereocenters. The first-order valence-corrected chi connectivity index (χ1v) is 9.17. The zero-order chi connectivity index (χ0) is 20.2. The second kappa shape index (κ2) is 7.97. The van der Waals surface area contributed by atoms with Gasteiger partial charge in [0.2, 0.25) is 12.1 Å². The van der Waals surface area contributed by atoms with Crippen LogP contribution in [0, 0.1) is 10.1 Å². The average molecular weight is 388 g/mol. The van der Waals surface area contributed by atoms with Crippen molar-refractivity contribution in [3.63, 3.8) is 0 Å². The van der Waals surface area contributed by atoms with Gasteiger partial charge in [0.1, 0.15) is 0 Å². The molecule has 2 heterocycles. The van der Waals surface area contributed by atoms with Crippen LogP contribution in [0.4, 0.5) is 11.6 Å². The summed E-state index contributed by atoms with van der Waals surface area (Å²) in [6.45, 7) is 1.03. The van der Waals surface area contributed by atoms with E-state index in [1.54, 1.807) is 11.6 Å². The van der Waals surface area contributed by atoms with Gasteiger partial charge in [-0.2, -0.15) is 5.10 Å². The number of hydrogen-bond donors (Lipinski definition) is 1. The minimum Gasteiger partial charge on any atom is -0.360 e. The second-order valence-corrected chi connectivity index (χ2v) is 6.69. The SMILES string of the molecule is Cn1cnc([N+](=O)[O-])c1NCc1cn(Cc2ccccc2)nc1-c1ccccc1. The summed E-state index contributed by atoms with van der Waals surface area (Å²) in [6.07, 6.45) is 3.40. The Morgan fingerprint density at radius 3 is 2.45 bits per heavy atom. The van der Waals surface area contributed by atoms with Crippen LogP contribution in [0.25, 0.3) is 11.3 Å². The molecule has 1 N–H and O–H groups in total. The molecule has 0 saturated carbocycles. The molecule has 0 saturated heterocycles. The molecule has 146 valence electrons. The van der Waals surface area contributed by atoms with Crippen LogP contribution in [-0.4, -0.2) is 24.3 Å². The molecule has 8 heteroatoms. The number of nitro groups is 1. The summed E-state index contributed by atoms with van der Waals surface area (Å²) in [5.41, 5.74) is 3.94. The number of rotatable bonds is 7. The van der Waals surface area contributed by atoms with Crippen molar-refractivity contribution in [2.24, 2.45) is 7.05 Å². The largest absolute Gasteiger partial charge is 0.406 e. The van der Waals surface area contributed by atoms with Crippen LogP contribution >= 0.6 is 0 Å². The van der Waals surface area contributed by atoms with Crippen LogP contribution in [-0.2, 0) is 20.1 Å². The maximum atomic E-state index is 11.2. The maximum Gasteiger partial charge on any atom is 0.406 e. The van der Waals surface area contributed by atoms with Gasteiger partial charge < -0.3 is 15.4 Å². The Morgan fingerprint density at radius 2 is 1.76 bits per heavy atom. The third kappa shape index (κ3) is 4.01. The van der Waals surface area contributed by atoms with Crippen molar-refractivity contribution >= 4 is 11.6 Å². The van der Waals surface area contributed by atoms with Crippen LogP contribution < -0.4 is 5.32 Å². The van der Waals surface area contributed by atoms with Gasteiger partial charge in [0.25, 0.3) is 0 Å². The van der Waals surface area contributed by atoms with Gasteiger partial charge in [-0.3, -0.25) is 9.25 Å². The van der Waals surface area contributed by atoms with Crippen LogP contribution in [0.5, 0.6) is 0 Å². The highest BCUT2D eigenvalue weighted by atomic mass is 16.6. The number of nitrogens with zero attached hydrogens (tertiary/aromatic N) is 5. The Kier molecular flexibility index (Phi) is 5.07. The van der Waals surface area contributed by atoms with Crippen molar-refractivity contribution in [2.75, 3.05) is 5.32 Å². The summed E-state index contributed by atoms with van der Waals surface area (Å²) in [4.78, 5) is 14.6. The fourth-order valence-corrected chi connectivity index (χ4v) is 3.22. The number of nitrogens with one attached hydrogen (secondary N) is 1. The molecular formula is C21H20N6O2. The lowest BCUT2D eigenvalue weighted by atomic mass is 10.1. The molecule has 0 spiro atoms. The third-order valence-corrected chi connectivity index (χ3v) is 4.61. The lowest BCUT2D eigenvalue weighted by molar-refractivity contribution is -0.388. The molecule has 2 aromatic heterocycles. The van der Waals surface area contributed by atoms with Gasteiger partial charge >= 0.3 is 5.82 Å². The van der Waals surface area contributed by atoms with Gasteiger partial charge in [-0.05, 0) is 15.5 Å². The fourth-order valence-electron chi connectivity index (χ4n) is 3.22. The van der Waals surface area contributed by atoms with Gasteiger partial charge in [-0.1, -0.05) is 60.7 Å². The van der Waals surface area contributed by atoms with E-state index in [1.165, 1.54) is 6.33 Å². The Bertz CT molecular complexity index is 1120.